The van der Waals surface area contributed by atoms with Crippen molar-refractivity contribution in [1.29, 1.82) is 0 Å². The van der Waals surface area contributed by atoms with Crippen molar-refractivity contribution in [2.75, 3.05) is 26.2 Å². The molecule has 0 atom stereocenters. The van der Waals surface area contributed by atoms with Crippen LogP contribution >= 0.6 is 0 Å². The van der Waals surface area contributed by atoms with Gasteiger partial charge in [-0.15, -0.1) is 0 Å². The van der Waals surface area contributed by atoms with Gasteiger partial charge in [-0.1, -0.05) is 24.3 Å². The number of fused-ring (bicyclic) bond motifs is 1. The van der Waals surface area contributed by atoms with E-state index in [4.69, 9.17) is 10.1 Å². The van der Waals surface area contributed by atoms with E-state index in [0.717, 1.165) is 42.2 Å². The number of nitrogens with zero attached hydrogens (tertiary/aromatic N) is 7. The molecule has 5 heterocycles. The molecule has 1 aliphatic heterocycles. The van der Waals surface area contributed by atoms with Crippen LogP contribution in [0.1, 0.15) is 16.1 Å². The van der Waals surface area contributed by atoms with Gasteiger partial charge in [0.15, 0.2) is 0 Å². The van der Waals surface area contributed by atoms with E-state index in [1.807, 2.05) is 82.4 Å². The first-order chi connectivity index (χ1) is 17.2. The molecule has 0 N–H and O–H groups in total. The van der Waals surface area contributed by atoms with Gasteiger partial charge in [0.2, 0.25) is 0 Å². The van der Waals surface area contributed by atoms with E-state index in [2.05, 4.69) is 16.1 Å². The van der Waals surface area contributed by atoms with E-state index in [-0.39, 0.29) is 5.91 Å². The van der Waals surface area contributed by atoms with Crippen LogP contribution in [0.3, 0.4) is 0 Å². The van der Waals surface area contributed by atoms with Crippen LogP contribution in [0, 0.1) is 0 Å². The molecular weight excluding hydrogens is 438 g/mol. The summed E-state index contributed by atoms with van der Waals surface area (Å²) in [4.78, 5) is 26.9. The Morgan fingerprint density at radius 1 is 0.886 bits per heavy atom. The zero-order valence-electron chi connectivity index (χ0n) is 19.2. The average Bonchev–Trinajstić information content (AvgIpc) is 3.54. The molecule has 4 aromatic heterocycles. The van der Waals surface area contributed by atoms with Gasteiger partial charge in [-0.25, -0.2) is 9.67 Å². The van der Waals surface area contributed by atoms with Crippen LogP contribution in [0.4, 0.5) is 0 Å². The van der Waals surface area contributed by atoms with Crippen molar-refractivity contribution in [2.45, 2.75) is 6.54 Å². The fraction of sp³-hybridized carbons (Fsp3) is 0.185. The number of rotatable bonds is 5. The normalized spacial score (nSPS) is 14.5. The highest BCUT2D eigenvalue weighted by atomic mass is 16.2. The van der Waals surface area contributed by atoms with Crippen LogP contribution in [0.5, 0.6) is 0 Å². The van der Waals surface area contributed by atoms with Gasteiger partial charge >= 0.3 is 0 Å². The minimum atomic E-state index is -0.00147. The third kappa shape index (κ3) is 4.31. The zero-order chi connectivity index (χ0) is 23.6. The molecule has 1 amide bonds. The van der Waals surface area contributed by atoms with E-state index in [0.29, 0.717) is 24.3 Å². The molecule has 1 fully saturated rings. The van der Waals surface area contributed by atoms with Crippen molar-refractivity contribution in [1.82, 2.24) is 33.9 Å². The number of pyridine rings is 2. The van der Waals surface area contributed by atoms with Gasteiger partial charge in [0.1, 0.15) is 11.3 Å². The number of hydrogen-bond donors (Lipinski definition) is 0. The maximum Gasteiger partial charge on any atom is 0.257 e. The Balaban J connectivity index is 1.20. The highest BCUT2D eigenvalue weighted by molar-refractivity contribution is 6.00. The maximum absolute atomic E-state index is 13.6. The summed E-state index contributed by atoms with van der Waals surface area (Å²) in [6, 6.07) is 19.7. The first-order valence-electron chi connectivity index (χ1n) is 11.7. The molecule has 0 unspecified atom stereocenters. The van der Waals surface area contributed by atoms with Gasteiger partial charge in [-0.3, -0.25) is 14.7 Å². The smallest absolute Gasteiger partial charge is 0.257 e. The Morgan fingerprint density at radius 3 is 2.49 bits per heavy atom. The molecular formula is C27H25N7O. The summed E-state index contributed by atoms with van der Waals surface area (Å²) in [5.74, 6) is -0.00147. The minimum absolute atomic E-state index is 0.00147. The Kier molecular flexibility index (Phi) is 5.56. The molecule has 1 aliphatic rings. The summed E-state index contributed by atoms with van der Waals surface area (Å²) >= 11 is 0. The van der Waals surface area contributed by atoms with E-state index < -0.39 is 0 Å². The lowest BCUT2D eigenvalue weighted by Crippen LogP contribution is -2.48. The third-order valence-electron chi connectivity index (χ3n) is 6.36. The topological polar surface area (TPSA) is 71.6 Å². The molecule has 0 aliphatic carbocycles. The Morgan fingerprint density at radius 2 is 1.71 bits per heavy atom. The second kappa shape index (κ2) is 9.15. The molecule has 174 valence electrons. The molecule has 8 nitrogen and oxygen atoms in total. The summed E-state index contributed by atoms with van der Waals surface area (Å²) < 4.78 is 3.81. The van der Waals surface area contributed by atoms with E-state index in [1.54, 1.807) is 17.1 Å². The second-order valence-electron chi connectivity index (χ2n) is 8.68. The third-order valence-corrected chi connectivity index (χ3v) is 6.36. The summed E-state index contributed by atoms with van der Waals surface area (Å²) in [6.07, 6.45) is 9.40. The van der Waals surface area contributed by atoms with Crippen LogP contribution in [0.15, 0.2) is 91.6 Å². The molecule has 0 bridgehead atoms. The minimum Gasteiger partial charge on any atom is -0.336 e. The SMILES string of the molecule is O=C(c1cn(-c2ccccc2)nc1-c1cccnc1)N1CCN(Cc2cn3ccccc3n2)CC1. The highest BCUT2D eigenvalue weighted by Gasteiger charge is 2.27. The molecule has 5 aromatic rings. The van der Waals surface area contributed by atoms with Gasteiger partial charge in [-0.05, 0) is 36.4 Å². The number of para-hydroxylation sites is 1. The number of carbonyl (C=O) groups excluding carboxylic acids is 1. The van der Waals surface area contributed by atoms with Gasteiger partial charge < -0.3 is 9.30 Å². The quantitative estimate of drug-likeness (QED) is 0.399. The lowest BCUT2D eigenvalue weighted by atomic mass is 10.1. The summed E-state index contributed by atoms with van der Waals surface area (Å²) in [7, 11) is 0. The molecule has 8 heteroatoms. The first kappa shape index (κ1) is 21.2. The molecule has 0 radical (unpaired) electrons. The van der Waals surface area contributed by atoms with Crippen LogP contribution in [0.2, 0.25) is 0 Å². The van der Waals surface area contributed by atoms with Crippen LogP contribution in [-0.4, -0.2) is 66.0 Å². The first-order valence-corrected chi connectivity index (χ1v) is 11.7. The number of benzene rings is 1. The summed E-state index contributed by atoms with van der Waals surface area (Å²) in [5, 5.41) is 4.77. The molecule has 0 saturated carbocycles. The predicted molar refractivity (Wildman–Crippen MR) is 133 cm³/mol. The standard InChI is InChI=1S/C27H25N7O/c35-27(32-15-13-31(14-16-32)18-22-19-33-12-5-4-10-25(33)29-22)24-20-34(23-8-2-1-3-9-23)30-26(24)21-7-6-11-28-17-21/h1-12,17,19-20H,13-16,18H2. The number of imidazole rings is 1. The number of aromatic nitrogens is 5. The van der Waals surface area contributed by atoms with E-state index in [9.17, 15) is 4.79 Å². The molecule has 6 rings (SSSR count). The van der Waals surface area contributed by atoms with Gasteiger partial charge in [-0.2, -0.15) is 5.10 Å². The largest absolute Gasteiger partial charge is 0.336 e. The van der Waals surface area contributed by atoms with E-state index >= 15 is 0 Å². The van der Waals surface area contributed by atoms with Crippen LogP contribution < -0.4 is 0 Å². The monoisotopic (exact) mass is 463 g/mol. The molecule has 0 spiro atoms. The maximum atomic E-state index is 13.6. The number of piperazine rings is 1. The predicted octanol–water partition coefficient (Wildman–Crippen LogP) is 3.54. The molecule has 35 heavy (non-hydrogen) atoms. The van der Waals surface area contributed by atoms with Gasteiger partial charge in [0.25, 0.3) is 5.91 Å². The average molecular weight is 464 g/mol. The molecule has 1 saturated heterocycles. The fourth-order valence-corrected chi connectivity index (χ4v) is 4.53. The van der Waals surface area contributed by atoms with Crippen molar-refractivity contribution < 1.29 is 4.79 Å². The Hall–Kier alpha value is -4.30. The number of carbonyl (C=O) groups is 1. The molecule has 1 aromatic carbocycles. The Bertz CT molecular complexity index is 1420. The van der Waals surface area contributed by atoms with E-state index in [1.165, 1.54) is 0 Å². The Labute approximate surface area is 203 Å². The van der Waals surface area contributed by atoms with Crippen molar-refractivity contribution in [2.24, 2.45) is 0 Å². The van der Waals surface area contributed by atoms with Crippen molar-refractivity contribution in [3.05, 3.63) is 103 Å². The zero-order valence-corrected chi connectivity index (χ0v) is 19.2. The summed E-state index contributed by atoms with van der Waals surface area (Å²) in [6.45, 7) is 3.70. The highest BCUT2D eigenvalue weighted by Crippen LogP contribution is 2.25. The van der Waals surface area contributed by atoms with Crippen LogP contribution in [0.25, 0.3) is 22.6 Å². The van der Waals surface area contributed by atoms with Crippen molar-refractivity contribution >= 4 is 11.6 Å². The lowest BCUT2D eigenvalue weighted by molar-refractivity contribution is 0.0628. The number of amides is 1. The lowest BCUT2D eigenvalue weighted by Gasteiger charge is -2.34. The fourth-order valence-electron chi connectivity index (χ4n) is 4.53. The number of hydrogen-bond acceptors (Lipinski definition) is 5. The van der Waals surface area contributed by atoms with Crippen LogP contribution in [-0.2, 0) is 6.54 Å². The van der Waals surface area contributed by atoms with Gasteiger partial charge in [0.05, 0.1) is 16.9 Å². The summed E-state index contributed by atoms with van der Waals surface area (Å²) in [5.41, 5.74) is 4.98. The van der Waals surface area contributed by atoms with Crippen molar-refractivity contribution in [3.63, 3.8) is 0 Å². The second-order valence-corrected chi connectivity index (χ2v) is 8.68. The van der Waals surface area contributed by atoms with Gasteiger partial charge in [0, 0.05) is 69.3 Å². The van der Waals surface area contributed by atoms with Crippen molar-refractivity contribution in [3.8, 4) is 16.9 Å².